The molecule has 8 heteroatoms. The van der Waals surface area contributed by atoms with Crippen molar-refractivity contribution in [3.05, 3.63) is 46.1 Å². The van der Waals surface area contributed by atoms with Crippen LogP contribution in [0.5, 0.6) is 11.6 Å². The van der Waals surface area contributed by atoms with Gasteiger partial charge in [0.05, 0.1) is 22.9 Å². The third kappa shape index (κ3) is 3.26. The van der Waals surface area contributed by atoms with Crippen molar-refractivity contribution in [2.24, 2.45) is 5.92 Å². The minimum atomic E-state index is -0.945. The lowest BCUT2D eigenvalue weighted by Gasteiger charge is -2.37. The fourth-order valence-electron chi connectivity index (χ4n) is 4.64. The molecule has 1 unspecified atom stereocenters. The number of aliphatic hydroxyl groups is 1. The lowest BCUT2D eigenvalue weighted by Crippen LogP contribution is -2.51. The van der Waals surface area contributed by atoms with Gasteiger partial charge in [0.15, 0.2) is 0 Å². The number of nitrogens with one attached hydrogen (secondary N) is 1. The number of pyridine rings is 1. The monoisotopic (exact) mass is 429 g/mol. The summed E-state index contributed by atoms with van der Waals surface area (Å²) in [6.07, 6.45) is 3.62. The minimum Gasteiger partial charge on any atom is -0.449 e. The average molecular weight is 430 g/mol. The van der Waals surface area contributed by atoms with Crippen LogP contribution in [-0.4, -0.2) is 39.3 Å². The van der Waals surface area contributed by atoms with E-state index in [2.05, 4.69) is 10.3 Å². The van der Waals surface area contributed by atoms with Crippen LogP contribution in [0.15, 0.2) is 24.4 Å². The highest BCUT2D eigenvalue weighted by molar-refractivity contribution is 6.33. The van der Waals surface area contributed by atoms with E-state index in [1.807, 2.05) is 23.1 Å². The van der Waals surface area contributed by atoms with Crippen molar-refractivity contribution < 1.29 is 19.4 Å². The molecule has 0 saturated heterocycles. The summed E-state index contributed by atoms with van der Waals surface area (Å²) in [7, 11) is 0. The number of rotatable bonds is 6. The van der Waals surface area contributed by atoms with Crippen LogP contribution < -0.4 is 14.8 Å². The van der Waals surface area contributed by atoms with Gasteiger partial charge in [0.1, 0.15) is 5.69 Å². The first-order valence-corrected chi connectivity index (χ1v) is 10.5. The summed E-state index contributed by atoms with van der Waals surface area (Å²) in [6.45, 7) is 4.62. The second-order valence-electron chi connectivity index (χ2n) is 8.70. The lowest BCUT2D eigenvalue weighted by molar-refractivity contribution is -0.0224. The Morgan fingerprint density at radius 2 is 2.17 bits per heavy atom. The maximum atomic E-state index is 13.4. The fourth-order valence-corrected chi connectivity index (χ4v) is 4.84. The number of ether oxygens (including phenoxy) is 2. The molecule has 1 aromatic heterocycles. The number of nitrogens with zero attached hydrogens (tertiary/aromatic N) is 2. The van der Waals surface area contributed by atoms with E-state index in [1.54, 1.807) is 13.8 Å². The minimum absolute atomic E-state index is 0.0212. The molecule has 0 bridgehead atoms. The molecule has 0 spiro atoms. The highest BCUT2D eigenvalue weighted by Crippen LogP contribution is 2.44. The summed E-state index contributed by atoms with van der Waals surface area (Å²) < 4.78 is 10.8. The fraction of sp³-hybridized carbons (Fsp3) is 0.455. The van der Waals surface area contributed by atoms with Crippen LogP contribution in [0.3, 0.4) is 0 Å². The molecule has 158 valence electrons. The average Bonchev–Trinajstić information content (AvgIpc) is 3.29. The molecule has 2 N–H and O–H groups in total. The summed E-state index contributed by atoms with van der Waals surface area (Å²) in [5.74, 6) is 1.23. The zero-order valence-corrected chi connectivity index (χ0v) is 17.7. The Bertz CT molecular complexity index is 1020. The third-order valence-electron chi connectivity index (χ3n) is 5.99. The predicted octanol–water partition coefficient (Wildman–Crippen LogP) is 3.58. The van der Waals surface area contributed by atoms with Crippen LogP contribution in [0.2, 0.25) is 5.02 Å². The van der Waals surface area contributed by atoms with E-state index < -0.39 is 5.60 Å². The van der Waals surface area contributed by atoms with Gasteiger partial charge in [-0.15, -0.1) is 0 Å². The number of hydrogen-bond acceptors (Lipinski definition) is 6. The maximum Gasteiger partial charge on any atom is 0.262 e. The van der Waals surface area contributed by atoms with Crippen LogP contribution in [0, 0.1) is 5.92 Å². The maximum absolute atomic E-state index is 13.4. The molecule has 1 aliphatic carbocycles. The van der Waals surface area contributed by atoms with E-state index in [1.165, 1.54) is 6.20 Å². The molecule has 1 atom stereocenters. The third-order valence-corrected chi connectivity index (χ3v) is 6.28. The Morgan fingerprint density at radius 1 is 1.37 bits per heavy atom. The second-order valence-corrected chi connectivity index (χ2v) is 9.10. The van der Waals surface area contributed by atoms with Crippen molar-refractivity contribution in [2.45, 2.75) is 51.4 Å². The lowest BCUT2D eigenvalue weighted by atomic mass is 9.93. The van der Waals surface area contributed by atoms with Gasteiger partial charge >= 0.3 is 0 Å². The van der Waals surface area contributed by atoms with Crippen molar-refractivity contribution in [3.63, 3.8) is 0 Å². The van der Waals surface area contributed by atoms with Gasteiger partial charge in [-0.25, -0.2) is 4.98 Å². The van der Waals surface area contributed by atoms with Crippen molar-refractivity contribution in [3.8, 4) is 11.6 Å². The molecule has 1 fully saturated rings. The first kappa shape index (κ1) is 19.5. The van der Waals surface area contributed by atoms with Gasteiger partial charge in [-0.2, -0.15) is 0 Å². The first-order valence-electron chi connectivity index (χ1n) is 10.2. The Kier molecular flexibility index (Phi) is 4.56. The number of halogens is 1. The van der Waals surface area contributed by atoms with E-state index in [0.29, 0.717) is 46.9 Å². The number of amides is 1. The topological polar surface area (TPSA) is 83.9 Å². The van der Waals surface area contributed by atoms with Crippen LogP contribution >= 0.6 is 11.6 Å². The standard InChI is InChI=1S/C22H24ClN3O4/c1-22(2,28)19(12-6-7-12)26-10-14-5-3-4-13(16(14)21(26)27)8-24-17-15(23)9-25-20-18(17)29-11-30-20/h3-5,9,12,19,28H,6-8,10-11H2,1-2H3,(H,24,25). The van der Waals surface area contributed by atoms with E-state index >= 15 is 0 Å². The number of carbonyl (C=O) groups excluding carboxylic acids is 1. The Labute approximate surface area is 180 Å². The largest absolute Gasteiger partial charge is 0.449 e. The smallest absolute Gasteiger partial charge is 0.262 e. The van der Waals surface area contributed by atoms with Crippen molar-refractivity contribution in [1.29, 1.82) is 0 Å². The van der Waals surface area contributed by atoms with E-state index in [9.17, 15) is 9.90 Å². The van der Waals surface area contributed by atoms with E-state index in [0.717, 1.165) is 24.0 Å². The molecule has 5 rings (SSSR count). The summed E-state index contributed by atoms with van der Waals surface area (Å²) in [6, 6.07) is 5.71. The molecule has 1 amide bonds. The highest BCUT2D eigenvalue weighted by Gasteiger charge is 2.48. The Balaban J connectivity index is 1.42. The number of carbonyl (C=O) groups is 1. The highest BCUT2D eigenvalue weighted by atomic mass is 35.5. The summed E-state index contributed by atoms with van der Waals surface area (Å²) in [5, 5.41) is 14.5. The van der Waals surface area contributed by atoms with Crippen molar-refractivity contribution >= 4 is 23.2 Å². The van der Waals surface area contributed by atoms with Crippen LogP contribution in [0.1, 0.15) is 48.2 Å². The van der Waals surface area contributed by atoms with Crippen LogP contribution in [0.4, 0.5) is 5.69 Å². The van der Waals surface area contributed by atoms with Crippen LogP contribution in [0.25, 0.3) is 0 Å². The van der Waals surface area contributed by atoms with Gasteiger partial charge in [0.2, 0.25) is 12.5 Å². The molecule has 2 aromatic rings. The zero-order valence-electron chi connectivity index (χ0n) is 16.9. The molecular weight excluding hydrogens is 406 g/mol. The molecular formula is C22H24ClN3O4. The Morgan fingerprint density at radius 3 is 2.90 bits per heavy atom. The van der Waals surface area contributed by atoms with Gasteiger partial charge in [0.25, 0.3) is 11.8 Å². The summed E-state index contributed by atoms with van der Waals surface area (Å²) >= 11 is 6.31. The SMILES string of the molecule is CC(C)(O)C(C1CC1)N1Cc2cccc(CNc3c(Cl)cnc4c3OCO4)c2C1=O. The number of fused-ring (bicyclic) bond motifs is 2. The first-order chi connectivity index (χ1) is 14.3. The van der Waals surface area contributed by atoms with Gasteiger partial charge in [-0.1, -0.05) is 29.8 Å². The van der Waals surface area contributed by atoms with Gasteiger partial charge in [-0.05, 0) is 43.7 Å². The molecule has 1 aromatic carbocycles. The predicted molar refractivity (Wildman–Crippen MR) is 112 cm³/mol. The summed E-state index contributed by atoms with van der Waals surface area (Å²) in [4.78, 5) is 19.4. The zero-order chi connectivity index (χ0) is 21.0. The van der Waals surface area contributed by atoms with Crippen LogP contribution in [-0.2, 0) is 13.1 Å². The normalized spacial score (nSPS) is 18.5. The molecule has 7 nitrogen and oxygen atoms in total. The molecule has 0 radical (unpaired) electrons. The quantitative estimate of drug-likeness (QED) is 0.730. The van der Waals surface area contributed by atoms with Gasteiger partial charge in [0, 0.05) is 18.7 Å². The van der Waals surface area contributed by atoms with Crippen molar-refractivity contribution in [2.75, 3.05) is 12.1 Å². The van der Waals surface area contributed by atoms with Crippen molar-refractivity contribution in [1.82, 2.24) is 9.88 Å². The van der Waals surface area contributed by atoms with Gasteiger partial charge < -0.3 is 24.8 Å². The number of aromatic nitrogens is 1. The van der Waals surface area contributed by atoms with Gasteiger partial charge in [-0.3, -0.25) is 4.79 Å². The molecule has 30 heavy (non-hydrogen) atoms. The molecule has 3 aliphatic rings. The molecule has 1 saturated carbocycles. The summed E-state index contributed by atoms with van der Waals surface area (Å²) in [5.41, 5.74) is 2.23. The number of anilines is 1. The second kappa shape index (κ2) is 7.03. The number of benzene rings is 1. The molecule has 2 aliphatic heterocycles. The Hall–Kier alpha value is -2.51. The van der Waals surface area contributed by atoms with E-state index in [4.69, 9.17) is 21.1 Å². The molecule has 3 heterocycles. The number of hydrogen-bond donors (Lipinski definition) is 2. The van der Waals surface area contributed by atoms with E-state index in [-0.39, 0.29) is 18.7 Å².